The molecule has 1 atom stereocenters. The van der Waals surface area contributed by atoms with E-state index in [1.165, 1.54) is 0 Å². The second-order valence-corrected chi connectivity index (χ2v) is 4.16. The zero-order chi connectivity index (χ0) is 15.9. The van der Waals surface area contributed by atoms with Crippen molar-refractivity contribution in [1.82, 2.24) is 5.32 Å². The van der Waals surface area contributed by atoms with Crippen LogP contribution < -0.4 is 90.6 Å². The van der Waals surface area contributed by atoms with Gasteiger partial charge in [0.05, 0.1) is 5.97 Å². The summed E-state index contributed by atoms with van der Waals surface area (Å²) in [4.78, 5) is 42.3. The van der Waals surface area contributed by atoms with Crippen molar-refractivity contribution in [3.63, 3.8) is 0 Å². The van der Waals surface area contributed by atoms with E-state index in [2.05, 4.69) is 5.32 Å². The van der Waals surface area contributed by atoms with E-state index in [1.807, 2.05) is 0 Å². The Bertz CT molecular complexity index is 411. The number of carbonyl (C=O) groups is 4. The molecule has 15 heteroatoms. The molecule has 130 valence electrons. The van der Waals surface area contributed by atoms with Crippen molar-refractivity contribution in [2.75, 3.05) is 6.54 Å². The summed E-state index contributed by atoms with van der Waals surface area (Å²) in [5.41, 5.74) is 3.39. The van der Waals surface area contributed by atoms with E-state index in [9.17, 15) is 39.6 Å². The van der Waals surface area contributed by atoms with Gasteiger partial charge in [-0.1, -0.05) is 0 Å². The van der Waals surface area contributed by atoms with Crippen LogP contribution in [0.2, 0.25) is 0 Å². The van der Waals surface area contributed by atoms with Crippen molar-refractivity contribution in [3.8, 4) is 0 Å². The second kappa shape index (κ2) is 19.7. The third-order valence-corrected chi connectivity index (χ3v) is 2.60. The van der Waals surface area contributed by atoms with Crippen molar-refractivity contribution in [2.24, 2.45) is 5.73 Å². The van der Waals surface area contributed by atoms with Crippen LogP contribution >= 0.6 is 0 Å². The summed E-state index contributed by atoms with van der Waals surface area (Å²) in [6, 6.07) is -1.55. The number of carboxylic acids is 4. The Morgan fingerprint density at radius 1 is 0.840 bits per heavy atom. The SMILES string of the molecule is NC(CC(=O)[O-])C(CC(=O)[O-])(CC(=O)[O-])NCC(=O)[O-].O.O.[Ca+2].[Na+].[Na+]. The van der Waals surface area contributed by atoms with Gasteiger partial charge in [-0.05, 0) is 0 Å². The molecule has 0 heterocycles. The molecule has 0 radical (unpaired) electrons. The van der Waals surface area contributed by atoms with Crippen LogP contribution in [0, 0.1) is 0 Å². The maximum atomic E-state index is 10.7. The molecule has 0 saturated carbocycles. The monoisotopic (exact) mass is 410 g/mol. The molecule has 1 unspecified atom stereocenters. The number of nitrogens with two attached hydrogens (primary N) is 1. The van der Waals surface area contributed by atoms with E-state index >= 15 is 0 Å². The molecule has 0 aromatic rings. The van der Waals surface area contributed by atoms with Gasteiger partial charge in [0, 0.05) is 55.3 Å². The summed E-state index contributed by atoms with van der Waals surface area (Å²) in [5, 5.41) is 44.3. The van der Waals surface area contributed by atoms with E-state index in [1.54, 1.807) is 0 Å². The zero-order valence-corrected chi connectivity index (χ0v) is 20.2. The number of carbonyl (C=O) groups excluding carboxylic acids is 4. The summed E-state index contributed by atoms with van der Waals surface area (Å²) < 4.78 is 0. The first-order valence-corrected chi connectivity index (χ1v) is 5.39. The molecule has 7 N–H and O–H groups in total. The van der Waals surface area contributed by atoms with Gasteiger partial charge in [0.25, 0.3) is 0 Å². The number of nitrogens with one attached hydrogen (secondary N) is 1. The first-order valence-electron chi connectivity index (χ1n) is 5.39. The maximum absolute atomic E-state index is 10.7. The molecule has 0 amide bonds. The van der Waals surface area contributed by atoms with Crippen LogP contribution in [-0.2, 0) is 19.2 Å². The predicted molar refractivity (Wildman–Crippen MR) is 65.6 cm³/mol. The van der Waals surface area contributed by atoms with E-state index in [-0.39, 0.29) is 108 Å². The van der Waals surface area contributed by atoms with Crippen LogP contribution in [0.3, 0.4) is 0 Å². The second-order valence-electron chi connectivity index (χ2n) is 4.16. The molecule has 0 rings (SSSR count). The fourth-order valence-corrected chi connectivity index (χ4v) is 1.72. The van der Waals surface area contributed by atoms with Crippen molar-refractivity contribution in [1.29, 1.82) is 0 Å². The van der Waals surface area contributed by atoms with Crippen LogP contribution in [-0.4, -0.2) is 90.7 Å². The minimum Gasteiger partial charge on any atom is -0.550 e. The topological polar surface area (TPSA) is 262 Å². The average molecular weight is 410 g/mol. The number of hydrogen-bond acceptors (Lipinski definition) is 10. The molecule has 0 aliphatic rings. The standard InChI is InChI=1S/C10H16N2O8.Ca.2Na.2H2O/c11-5(1-6(13)14)10(2-7(15)16,3-8(17)18)12-4-9(19)20;;;;;/h5,12H,1-4,11H2,(H,13,14)(H,15,16)(H,17,18)(H,19,20);;;;2*1H2/q;+2;2*+1;;/p-4. The Hall–Kier alpha value is 0.980. The molecule has 0 spiro atoms. The fourth-order valence-electron chi connectivity index (χ4n) is 1.72. The molecule has 0 aliphatic heterocycles. The minimum absolute atomic E-state index is 0. The quantitative estimate of drug-likeness (QED) is 0.321. The van der Waals surface area contributed by atoms with Crippen LogP contribution in [0.25, 0.3) is 0 Å². The zero-order valence-electron chi connectivity index (χ0n) is 14.0. The van der Waals surface area contributed by atoms with Gasteiger partial charge in [-0.25, -0.2) is 0 Å². The van der Waals surface area contributed by atoms with E-state index in [0.717, 1.165) is 0 Å². The number of carboxylic acid groups (broad SMARTS) is 4. The maximum Gasteiger partial charge on any atom is 2.00 e. The van der Waals surface area contributed by atoms with Gasteiger partial charge in [-0.2, -0.15) is 0 Å². The van der Waals surface area contributed by atoms with Crippen molar-refractivity contribution >= 4 is 61.6 Å². The fraction of sp³-hybridized carbons (Fsp3) is 0.600. The van der Waals surface area contributed by atoms with Gasteiger partial charge >= 0.3 is 96.9 Å². The number of hydrogen-bond donors (Lipinski definition) is 2. The van der Waals surface area contributed by atoms with Gasteiger partial charge in [-0.15, -0.1) is 0 Å². The molecule has 12 nitrogen and oxygen atoms in total. The molecule has 0 bridgehead atoms. The van der Waals surface area contributed by atoms with Gasteiger partial charge in [0.15, 0.2) is 0 Å². The van der Waals surface area contributed by atoms with Crippen molar-refractivity contribution in [2.45, 2.75) is 30.8 Å². The van der Waals surface area contributed by atoms with Gasteiger partial charge in [0.1, 0.15) is 0 Å². The third kappa shape index (κ3) is 18.1. The summed E-state index contributed by atoms with van der Waals surface area (Å²) in [5.74, 6) is -6.81. The van der Waals surface area contributed by atoms with E-state index < -0.39 is 61.3 Å². The Labute approximate surface area is 217 Å². The van der Waals surface area contributed by atoms with Gasteiger partial charge in [0.2, 0.25) is 0 Å². The first-order chi connectivity index (χ1) is 9.09. The Morgan fingerprint density at radius 2 is 1.20 bits per heavy atom. The van der Waals surface area contributed by atoms with E-state index in [0.29, 0.717) is 0 Å². The van der Waals surface area contributed by atoms with Crippen molar-refractivity contribution in [3.05, 3.63) is 0 Å². The van der Waals surface area contributed by atoms with Crippen LogP contribution in [0.1, 0.15) is 19.3 Å². The molecular formula is C10H16CaN2Na2O10. The molecule has 25 heavy (non-hydrogen) atoms. The van der Waals surface area contributed by atoms with Crippen molar-refractivity contribution < 1.29 is 110 Å². The summed E-state index contributed by atoms with van der Waals surface area (Å²) in [6.45, 7) is -0.929. The van der Waals surface area contributed by atoms with E-state index in [4.69, 9.17) is 5.73 Å². The predicted octanol–water partition coefficient (Wildman–Crippen LogP) is -15.2. The summed E-state index contributed by atoms with van der Waals surface area (Å²) >= 11 is 0. The summed E-state index contributed by atoms with van der Waals surface area (Å²) in [6.07, 6.45) is -2.94. The molecular weight excluding hydrogens is 394 g/mol. The normalized spacial score (nSPS) is 10.1. The smallest absolute Gasteiger partial charge is 0.550 e. The Balaban J connectivity index is -0.000000180. The Kier molecular flexibility index (Phi) is 32.1. The first kappa shape index (κ1) is 40.6. The van der Waals surface area contributed by atoms with Crippen LogP contribution in [0.5, 0.6) is 0 Å². The van der Waals surface area contributed by atoms with Gasteiger partial charge < -0.3 is 61.6 Å². The molecule has 0 saturated heterocycles. The van der Waals surface area contributed by atoms with Crippen LogP contribution in [0.4, 0.5) is 0 Å². The summed E-state index contributed by atoms with van der Waals surface area (Å²) in [7, 11) is 0. The average Bonchev–Trinajstić information content (AvgIpc) is 2.23. The van der Waals surface area contributed by atoms with Gasteiger partial charge in [-0.3, -0.25) is 0 Å². The molecule has 0 aromatic carbocycles. The molecule has 0 aromatic heterocycles. The molecule has 0 aliphatic carbocycles. The largest absolute Gasteiger partial charge is 2.00 e. The molecule has 0 fully saturated rings. The Morgan fingerprint density at radius 3 is 1.44 bits per heavy atom. The number of aliphatic carboxylic acids is 4. The van der Waals surface area contributed by atoms with Crippen LogP contribution in [0.15, 0.2) is 0 Å². The number of rotatable bonds is 10. The minimum atomic E-state index is -2.07. The third-order valence-electron chi connectivity index (χ3n) is 2.60.